The molecule has 23 heavy (non-hydrogen) atoms. The molecule has 1 N–H and O–H groups in total. The fraction of sp³-hybridized carbons (Fsp3) is 0.300. The van der Waals surface area contributed by atoms with E-state index in [1.54, 1.807) is 0 Å². The van der Waals surface area contributed by atoms with Gasteiger partial charge in [0.2, 0.25) is 0 Å². The van der Waals surface area contributed by atoms with E-state index in [-0.39, 0.29) is 11.5 Å². The summed E-state index contributed by atoms with van der Waals surface area (Å²) in [6, 6.07) is 19.7. The standard InChI is InChI=1S/C20H23F2N/c1-16(15-23-18-12-6-3-7-13-18)19(20(21)22)14-8-11-17-9-4-2-5-10-17/h2-7,9-10,12-13,16,23H,8,11,14-15H2,1H3. The highest BCUT2D eigenvalue weighted by molar-refractivity contribution is 5.42. The Labute approximate surface area is 137 Å². The lowest BCUT2D eigenvalue weighted by Gasteiger charge is -2.17. The van der Waals surface area contributed by atoms with Gasteiger partial charge in [-0.1, -0.05) is 55.5 Å². The van der Waals surface area contributed by atoms with E-state index in [1.165, 1.54) is 5.56 Å². The summed E-state index contributed by atoms with van der Waals surface area (Å²) in [6.45, 7) is 2.37. The first-order valence-corrected chi connectivity index (χ1v) is 8.03. The zero-order chi connectivity index (χ0) is 16.5. The Morgan fingerprint density at radius 3 is 2.17 bits per heavy atom. The minimum absolute atomic E-state index is 0.184. The molecule has 0 heterocycles. The normalized spacial score (nSPS) is 11.8. The molecular formula is C20H23F2N. The minimum atomic E-state index is -1.53. The maximum Gasteiger partial charge on any atom is 0.269 e. The molecule has 0 bridgehead atoms. The van der Waals surface area contributed by atoms with E-state index in [9.17, 15) is 8.78 Å². The van der Waals surface area contributed by atoms with Crippen LogP contribution in [0, 0.1) is 5.92 Å². The van der Waals surface area contributed by atoms with Gasteiger partial charge in [0.1, 0.15) is 0 Å². The second-order valence-electron chi connectivity index (χ2n) is 5.77. The van der Waals surface area contributed by atoms with Gasteiger partial charge < -0.3 is 5.32 Å². The van der Waals surface area contributed by atoms with Crippen LogP contribution in [0.25, 0.3) is 0 Å². The van der Waals surface area contributed by atoms with E-state index in [2.05, 4.69) is 5.32 Å². The molecule has 0 aliphatic heterocycles. The average Bonchev–Trinajstić information content (AvgIpc) is 2.58. The predicted molar refractivity (Wildman–Crippen MR) is 92.7 cm³/mol. The number of hydrogen-bond acceptors (Lipinski definition) is 1. The molecule has 0 saturated heterocycles. The maximum absolute atomic E-state index is 13.3. The van der Waals surface area contributed by atoms with Crippen LogP contribution in [0.1, 0.15) is 25.3 Å². The second-order valence-corrected chi connectivity index (χ2v) is 5.77. The monoisotopic (exact) mass is 315 g/mol. The summed E-state index contributed by atoms with van der Waals surface area (Å²) in [5.74, 6) is -0.184. The van der Waals surface area contributed by atoms with Gasteiger partial charge in [-0.2, -0.15) is 8.78 Å². The zero-order valence-corrected chi connectivity index (χ0v) is 13.4. The van der Waals surface area contributed by atoms with Gasteiger partial charge >= 0.3 is 0 Å². The van der Waals surface area contributed by atoms with Crippen molar-refractivity contribution in [1.29, 1.82) is 0 Å². The lowest BCUT2D eigenvalue weighted by Crippen LogP contribution is -2.14. The number of anilines is 1. The molecule has 0 spiro atoms. The Balaban J connectivity index is 1.84. The largest absolute Gasteiger partial charge is 0.384 e. The molecule has 0 aliphatic rings. The highest BCUT2D eigenvalue weighted by atomic mass is 19.3. The van der Waals surface area contributed by atoms with Gasteiger partial charge in [-0.05, 0) is 48.4 Å². The molecule has 2 aromatic rings. The van der Waals surface area contributed by atoms with Crippen molar-refractivity contribution in [1.82, 2.24) is 0 Å². The molecule has 3 heteroatoms. The first-order chi connectivity index (χ1) is 11.2. The molecule has 0 amide bonds. The Morgan fingerprint density at radius 2 is 1.57 bits per heavy atom. The molecule has 1 nitrogen and oxygen atoms in total. The van der Waals surface area contributed by atoms with Crippen LogP contribution in [0.5, 0.6) is 0 Å². The topological polar surface area (TPSA) is 12.0 Å². The van der Waals surface area contributed by atoms with Gasteiger partial charge in [-0.25, -0.2) is 0 Å². The van der Waals surface area contributed by atoms with Crippen molar-refractivity contribution in [3.8, 4) is 0 Å². The van der Waals surface area contributed by atoms with Crippen molar-refractivity contribution < 1.29 is 8.78 Å². The van der Waals surface area contributed by atoms with Crippen LogP contribution in [0.2, 0.25) is 0 Å². The van der Waals surface area contributed by atoms with Crippen molar-refractivity contribution >= 4 is 5.69 Å². The van der Waals surface area contributed by atoms with Gasteiger partial charge in [0.05, 0.1) is 0 Å². The molecule has 0 aromatic heterocycles. The summed E-state index contributed by atoms with van der Waals surface area (Å²) in [7, 11) is 0. The molecule has 0 saturated carbocycles. The summed E-state index contributed by atoms with van der Waals surface area (Å²) < 4.78 is 26.5. The van der Waals surface area contributed by atoms with E-state index in [0.717, 1.165) is 18.5 Å². The van der Waals surface area contributed by atoms with E-state index in [1.807, 2.05) is 67.6 Å². The summed E-state index contributed by atoms with van der Waals surface area (Å²) in [5.41, 5.74) is 2.42. The fourth-order valence-corrected chi connectivity index (χ4v) is 2.60. The van der Waals surface area contributed by atoms with E-state index in [4.69, 9.17) is 0 Å². The first-order valence-electron chi connectivity index (χ1n) is 8.03. The quantitative estimate of drug-likeness (QED) is 0.638. The number of hydrogen-bond donors (Lipinski definition) is 1. The van der Waals surface area contributed by atoms with Crippen molar-refractivity contribution in [3.05, 3.63) is 77.9 Å². The molecule has 0 fully saturated rings. The summed E-state index contributed by atoms with van der Waals surface area (Å²) >= 11 is 0. The van der Waals surface area contributed by atoms with Crippen LogP contribution < -0.4 is 5.32 Å². The molecular weight excluding hydrogens is 292 g/mol. The van der Waals surface area contributed by atoms with Crippen molar-refractivity contribution in [2.24, 2.45) is 5.92 Å². The molecule has 1 unspecified atom stereocenters. The number of nitrogens with one attached hydrogen (secondary N) is 1. The van der Waals surface area contributed by atoms with Crippen molar-refractivity contribution in [2.45, 2.75) is 26.2 Å². The Kier molecular flexibility index (Phi) is 6.79. The van der Waals surface area contributed by atoms with Gasteiger partial charge in [-0.15, -0.1) is 0 Å². The van der Waals surface area contributed by atoms with Crippen molar-refractivity contribution in [3.63, 3.8) is 0 Å². The number of aryl methyl sites for hydroxylation is 1. The number of benzene rings is 2. The maximum atomic E-state index is 13.3. The molecule has 2 rings (SSSR count). The molecule has 0 radical (unpaired) electrons. The lowest BCUT2D eigenvalue weighted by atomic mass is 9.95. The summed E-state index contributed by atoms with van der Waals surface area (Å²) in [4.78, 5) is 0. The smallest absolute Gasteiger partial charge is 0.269 e. The number of halogens is 2. The van der Waals surface area contributed by atoms with Gasteiger partial charge in [-0.3, -0.25) is 0 Å². The molecule has 0 aliphatic carbocycles. The van der Waals surface area contributed by atoms with Crippen LogP contribution in [0.4, 0.5) is 14.5 Å². The zero-order valence-electron chi connectivity index (χ0n) is 13.4. The van der Waals surface area contributed by atoms with E-state index in [0.29, 0.717) is 13.0 Å². The van der Waals surface area contributed by atoms with Gasteiger partial charge in [0.25, 0.3) is 6.08 Å². The van der Waals surface area contributed by atoms with E-state index < -0.39 is 6.08 Å². The molecule has 2 aromatic carbocycles. The highest BCUT2D eigenvalue weighted by Crippen LogP contribution is 2.24. The van der Waals surface area contributed by atoms with E-state index >= 15 is 0 Å². The van der Waals surface area contributed by atoms with Gasteiger partial charge in [0.15, 0.2) is 0 Å². The third kappa shape index (κ3) is 5.85. The fourth-order valence-electron chi connectivity index (χ4n) is 2.60. The Morgan fingerprint density at radius 1 is 0.957 bits per heavy atom. The SMILES string of the molecule is CC(CNc1ccccc1)C(CCCc1ccccc1)=C(F)F. The summed E-state index contributed by atoms with van der Waals surface area (Å²) in [6.07, 6.45) is 0.484. The lowest BCUT2D eigenvalue weighted by molar-refractivity contribution is 0.391. The van der Waals surface area contributed by atoms with Crippen LogP contribution in [0.3, 0.4) is 0 Å². The van der Waals surface area contributed by atoms with Crippen molar-refractivity contribution in [2.75, 3.05) is 11.9 Å². The Hall–Kier alpha value is -2.16. The van der Waals surface area contributed by atoms with Crippen LogP contribution in [0.15, 0.2) is 72.3 Å². The molecule has 122 valence electrons. The minimum Gasteiger partial charge on any atom is -0.384 e. The van der Waals surface area contributed by atoms with Crippen LogP contribution in [-0.4, -0.2) is 6.54 Å². The van der Waals surface area contributed by atoms with Crippen LogP contribution >= 0.6 is 0 Å². The first kappa shape index (κ1) is 17.2. The second kappa shape index (κ2) is 9.09. The Bertz CT molecular complexity index is 604. The van der Waals surface area contributed by atoms with Gasteiger partial charge in [0, 0.05) is 12.2 Å². The molecule has 1 atom stereocenters. The number of para-hydroxylation sites is 1. The summed E-state index contributed by atoms with van der Waals surface area (Å²) in [5, 5.41) is 3.22. The number of rotatable bonds is 8. The average molecular weight is 315 g/mol. The highest BCUT2D eigenvalue weighted by Gasteiger charge is 2.15. The predicted octanol–water partition coefficient (Wildman–Crippen LogP) is 5.91. The third-order valence-electron chi connectivity index (χ3n) is 3.98. The van der Waals surface area contributed by atoms with Crippen LogP contribution in [-0.2, 0) is 6.42 Å². The third-order valence-corrected chi connectivity index (χ3v) is 3.98.